The minimum absolute atomic E-state index is 0.149. The summed E-state index contributed by atoms with van der Waals surface area (Å²) >= 11 is 0. The van der Waals surface area contributed by atoms with Gasteiger partial charge in [0.05, 0.1) is 0 Å². The molecule has 0 unspecified atom stereocenters. The van der Waals surface area contributed by atoms with E-state index in [1.165, 1.54) is 16.5 Å². The van der Waals surface area contributed by atoms with E-state index < -0.39 is 0 Å². The number of aromatic amines is 1. The summed E-state index contributed by atoms with van der Waals surface area (Å²) in [6.07, 6.45) is 1.07. The predicted molar refractivity (Wildman–Crippen MR) is 99.7 cm³/mol. The Morgan fingerprint density at radius 3 is 2.62 bits per heavy atom. The molecule has 3 rings (SSSR count). The summed E-state index contributed by atoms with van der Waals surface area (Å²) in [5.74, 6) is 0.149. The first kappa shape index (κ1) is 17.0. The molecule has 0 spiro atoms. The number of rotatable bonds is 4. The third-order valence-corrected chi connectivity index (χ3v) is 5.50. The van der Waals surface area contributed by atoms with E-state index in [4.69, 9.17) is 0 Å². The first-order valence-electron chi connectivity index (χ1n) is 9.09. The highest BCUT2D eigenvalue weighted by Gasteiger charge is 2.31. The van der Waals surface area contributed by atoms with Gasteiger partial charge in [0.2, 0.25) is 0 Å². The quantitative estimate of drug-likeness (QED) is 0.931. The van der Waals surface area contributed by atoms with Gasteiger partial charge in [0.25, 0.3) is 5.91 Å². The normalized spacial score (nSPS) is 18.1. The van der Waals surface area contributed by atoms with Crippen LogP contribution in [0.1, 0.15) is 47.4 Å². The summed E-state index contributed by atoms with van der Waals surface area (Å²) in [6.45, 7) is 14.5. The average molecular weight is 327 g/mol. The number of aromatic nitrogens is 1. The Bertz CT molecular complexity index is 758. The zero-order chi connectivity index (χ0) is 17.4. The first-order valence-corrected chi connectivity index (χ1v) is 9.09. The fourth-order valence-electron chi connectivity index (χ4n) is 4.12. The van der Waals surface area contributed by atoms with Crippen molar-refractivity contribution in [3.05, 3.63) is 34.5 Å². The number of fused-ring (bicyclic) bond motifs is 1. The van der Waals surface area contributed by atoms with Crippen LogP contribution < -0.4 is 0 Å². The minimum Gasteiger partial charge on any atom is -0.350 e. The number of nitrogens with zero attached hydrogens (tertiary/aromatic N) is 2. The number of carbonyl (C=O) groups excluding carboxylic acids is 1. The molecule has 1 N–H and O–H groups in total. The lowest BCUT2D eigenvalue weighted by Gasteiger charge is -2.26. The van der Waals surface area contributed by atoms with Crippen LogP contribution in [-0.4, -0.2) is 52.9 Å². The Morgan fingerprint density at radius 1 is 1.25 bits per heavy atom. The van der Waals surface area contributed by atoms with Crippen molar-refractivity contribution in [3.8, 4) is 0 Å². The summed E-state index contributed by atoms with van der Waals surface area (Å²) in [5.41, 5.74) is 5.38. The molecule has 1 aromatic heterocycles. The van der Waals surface area contributed by atoms with Crippen molar-refractivity contribution in [2.24, 2.45) is 0 Å². The summed E-state index contributed by atoms with van der Waals surface area (Å²) in [5, 5.41) is 1.18. The lowest BCUT2D eigenvalue weighted by atomic mass is 10.1. The van der Waals surface area contributed by atoms with Gasteiger partial charge in [0, 0.05) is 30.0 Å². The third kappa shape index (κ3) is 2.84. The zero-order valence-electron chi connectivity index (χ0n) is 15.6. The number of nitrogens with one attached hydrogen (secondary N) is 1. The number of likely N-dealkylation sites (tertiary alicyclic amines) is 1. The summed E-state index contributed by atoms with van der Waals surface area (Å²) < 4.78 is 0. The van der Waals surface area contributed by atoms with Gasteiger partial charge >= 0.3 is 0 Å². The fourth-order valence-corrected chi connectivity index (χ4v) is 4.12. The summed E-state index contributed by atoms with van der Waals surface area (Å²) in [7, 11) is 0. The second-order valence-electron chi connectivity index (χ2n) is 7.04. The van der Waals surface area contributed by atoms with E-state index in [2.05, 4.69) is 56.6 Å². The van der Waals surface area contributed by atoms with Crippen LogP contribution in [0.2, 0.25) is 0 Å². The molecule has 4 nitrogen and oxygen atoms in total. The molecule has 2 heterocycles. The molecule has 130 valence electrons. The number of benzene rings is 1. The summed E-state index contributed by atoms with van der Waals surface area (Å²) in [4.78, 5) is 20.9. The molecule has 0 bridgehead atoms. The van der Waals surface area contributed by atoms with Gasteiger partial charge in [-0.3, -0.25) is 9.69 Å². The van der Waals surface area contributed by atoms with E-state index >= 15 is 0 Å². The Morgan fingerprint density at radius 2 is 1.96 bits per heavy atom. The molecule has 0 saturated carbocycles. The van der Waals surface area contributed by atoms with Crippen LogP contribution in [0.4, 0.5) is 0 Å². The van der Waals surface area contributed by atoms with E-state index in [0.29, 0.717) is 6.04 Å². The molecule has 1 saturated heterocycles. The van der Waals surface area contributed by atoms with Crippen LogP contribution >= 0.6 is 0 Å². The predicted octanol–water partition coefficient (Wildman–Crippen LogP) is 3.65. The van der Waals surface area contributed by atoms with Gasteiger partial charge in [0.15, 0.2) is 0 Å². The van der Waals surface area contributed by atoms with Crippen molar-refractivity contribution in [3.63, 3.8) is 0 Å². The highest BCUT2D eigenvalue weighted by molar-refractivity contribution is 6.01. The second kappa shape index (κ2) is 6.60. The first-order chi connectivity index (χ1) is 11.5. The number of aryl methyl sites for hydroxylation is 3. The fraction of sp³-hybridized carbons (Fsp3) is 0.550. The van der Waals surface area contributed by atoms with E-state index in [-0.39, 0.29) is 5.91 Å². The van der Waals surface area contributed by atoms with E-state index in [9.17, 15) is 4.79 Å². The molecule has 1 fully saturated rings. The third-order valence-electron chi connectivity index (χ3n) is 5.50. The van der Waals surface area contributed by atoms with Crippen LogP contribution in [0.25, 0.3) is 10.9 Å². The Balaban J connectivity index is 1.87. The molecule has 1 aliphatic rings. The Kier molecular flexibility index (Phi) is 4.68. The molecule has 1 aromatic carbocycles. The lowest BCUT2D eigenvalue weighted by Crippen LogP contribution is -2.38. The molecule has 2 aromatic rings. The van der Waals surface area contributed by atoms with Crippen LogP contribution in [0.3, 0.4) is 0 Å². The van der Waals surface area contributed by atoms with Crippen molar-refractivity contribution in [2.75, 3.05) is 26.2 Å². The molecule has 1 aliphatic heterocycles. The van der Waals surface area contributed by atoms with E-state index in [0.717, 1.165) is 49.4 Å². The number of carbonyl (C=O) groups is 1. The van der Waals surface area contributed by atoms with Crippen LogP contribution in [0, 0.1) is 20.8 Å². The van der Waals surface area contributed by atoms with Crippen molar-refractivity contribution < 1.29 is 4.79 Å². The number of hydrogen-bond acceptors (Lipinski definition) is 2. The maximum absolute atomic E-state index is 13.1. The molecule has 24 heavy (non-hydrogen) atoms. The highest BCUT2D eigenvalue weighted by Crippen LogP contribution is 2.28. The maximum atomic E-state index is 13.1. The van der Waals surface area contributed by atoms with Crippen LogP contribution in [-0.2, 0) is 0 Å². The monoisotopic (exact) mass is 327 g/mol. The maximum Gasteiger partial charge on any atom is 0.270 e. The molecule has 0 aliphatic carbocycles. The van der Waals surface area contributed by atoms with Gasteiger partial charge in [-0.05, 0) is 57.5 Å². The minimum atomic E-state index is 0.149. The number of amides is 1. The Hall–Kier alpha value is -1.81. The van der Waals surface area contributed by atoms with Crippen molar-refractivity contribution in [1.82, 2.24) is 14.8 Å². The van der Waals surface area contributed by atoms with Gasteiger partial charge < -0.3 is 9.88 Å². The zero-order valence-corrected chi connectivity index (χ0v) is 15.6. The van der Waals surface area contributed by atoms with Crippen molar-refractivity contribution >= 4 is 16.8 Å². The van der Waals surface area contributed by atoms with Crippen LogP contribution in [0.15, 0.2) is 12.1 Å². The highest BCUT2D eigenvalue weighted by atomic mass is 16.2. The molecular weight excluding hydrogens is 298 g/mol. The SMILES string of the molecule is CCN(CC)[C@@H]1CCN(C(=O)c2[nH]c3c(C)cc(C)cc3c2C)C1. The smallest absolute Gasteiger partial charge is 0.270 e. The van der Waals surface area contributed by atoms with Crippen molar-refractivity contribution in [2.45, 2.75) is 47.1 Å². The van der Waals surface area contributed by atoms with Gasteiger partial charge in [0.1, 0.15) is 5.69 Å². The molecule has 1 atom stereocenters. The number of likely N-dealkylation sites (N-methyl/N-ethyl adjacent to an activating group) is 1. The Labute approximate surface area is 144 Å². The van der Waals surface area contributed by atoms with Crippen molar-refractivity contribution in [1.29, 1.82) is 0 Å². The topological polar surface area (TPSA) is 39.3 Å². The van der Waals surface area contributed by atoms with Gasteiger partial charge in [-0.25, -0.2) is 0 Å². The molecular formula is C20H29N3O. The molecule has 0 radical (unpaired) electrons. The van der Waals surface area contributed by atoms with Gasteiger partial charge in [-0.2, -0.15) is 0 Å². The van der Waals surface area contributed by atoms with E-state index in [1.54, 1.807) is 0 Å². The standard InChI is InChI=1S/C20H29N3O/c1-6-22(7-2)16-8-9-23(12-16)20(24)19-15(5)17-11-13(3)10-14(4)18(17)21-19/h10-11,16,21H,6-9,12H2,1-5H3/t16-/m1/s1. The number of hydrogen-bond donors (Lipinski definition) is 1. The van der Waals surface area contributed by atoms with Crippen LogP contribution in [0.5, 0.6) is 0 Å². The largest absolute Gasteiger partial charge is 0.350 e. The van der Waals surface area contributed by atoms with E-state index in [1.807, 2.05) is 4.90 Å². The average Bonchev–Trinajstić information content (AvgIpc) is 3.15. The molecule has 4 heteroatoms. The lowest BCUT2D eigenvalue weighted by molar-refractivity contribution is 0.0772. The number of H-pyrrole nitrogens is 1. The van der Waals surface area contributed by atoms with Gasteiger partial charge in [-0.15, -0.1) is 0 Å². The summed E-state index contributed by atoms with van der Waals surface area (Å²) in [6, 6.07) is 4.84. The van der Waals surface area contributed by atoms with Gasteiger partial charge in [-0.1, -0.05) is 25.5 Å². The molecule has 1 amide bonds. The second-order valence-corrected chi connectivity index (χ2v) is 7.04.